The molecule has 0 spiro atoms. The van der Waals surface area contributed by atoms with Gasteiger partial charge in [0, 0.05) is 24.5 Å². The minimum absolute atomic E-state index is 0.121. The number of aromatic amines is 1. The molecule has 0 bridgehead atoms. The lowest BCUT2D eigenvalue weighted by molar-refractivity contribution is 0.0778. The number of hydrogen-bond acceptors (Lipinski definition) is 3. The zero-order valence-corrected chi connectivity index (χ0v) is 14.2. The van der Waals surface area contributed by atoms with Crippen LogP contribution in [0.15, 0.2) is 41.2 Å². The van der Waals surface area contributed by atoms with Gasteiger partial charge in [0.1, 0.15) is 17.8 Å². The quantitative estimate of drug-likeness (QED) is 0.758. The molecule has 2 aromatic heterocycles. The summed E-state index contributed by atoms with van der Waals surface area (Å²) in [5, 5.41) is 3.61. The van der Waals surface area contributed by atoms with E-state index in [2.05, 4.69) is 10.3 Å². The number of hydrogen-bond donors (Lipinski definition) is 2. The molecule has 6 nitrogen and oxygen atoms in total. The molecule has 2 amide bonds. The van der Waals surface area contributed by atoms with Gasteiger partial charge in [0.2, 0.25) is 0 Å². The SMILES string of the molecule is Cc1ccc(F)c2[nH]c(C(=O)N3CC[C@@H](NC(=O)c4ccoc4)C3)cc12. The van der Waals surface area contributed by atoms with Crippen molar-refractivity contribution in [3.63, 3.8) is 0 Å². The second kappa shape index (κ2) is 6.33. The molecule has 1 aromatic carbocycles. The number of aromatic nitrogens is 1. The molecule has 0 aliphatic carbocycles. The highest BCUT2D eigenvalue weighted by Crippen LogP contribution is 2.24. The summed E-state index contributed by atoms with van der Waals surface area (Å²) in [6.07, 6.45) is 3.49. The molecule has 26 heavy (non-hydrogen) atoms. The summed E-state index contributed by atoms with van der Waals surface area (Å²) in [7, 11) is 0. The fourth-order valence-corrected chi connectivity index (χ4v) is 3.34. The Kier molecular flexibility index (Phi) is 3.99. The predicted molar refractivity (Wildman–Crippen MR) is 93.5 cm³/mol. The molecule has 1 fully saturated rings. The maximum atomic E-state index is 13.9. The van der Waals surface area contributed by atoms with Gasteiger partial charge >= 0.3 is 0 Å². The van der Waals surface area contributed by atoms with Crippen molar-refractivity contribution in [3.05, 3.63) is 59.4 Å². The highest BCUT2D eigenvalue weighted by molar-refractivity contribution is 5.99. The van der Waals surface area contributed by atoms with Gasteiger partial charge in [0.15, 0.2) is 0 Å². The molecule has 0 unspecified atom stereocenters. The zero-order chi connectivity index (χ0) is 18.3. The predicted octanol–water partition coefficient (Wildman–Crippen LogP) is 2.85. The third-order valence-electron chi connectivity index (χ3n) is 4.79. The first-order valence-electron chi connectivity index (χ1n) is 8.43. The second-order valence-electron chi connectivity index (χ2n) is 6.56. The Morgan fingerprint density at radius 3 is 2.92 bits per heavy atom. The number of carbonyl (C=O) groups excluding carboxylic acids is 2. The summed E-state index contributed by atoms with van der Waals surface area (Å²) < 4.78 is 18.9. The van der Waals surface area contributed by atoms with Gasteiger partial charge in [-0.2, -0.15) is 0 Å². The summed E-state index contributed by atoms with van der Waals surface area (Å²) in [5.41, 5.74) is 2.06. The monoisotopic (exact) mass is 355 g/mol. The lowest BCUT2D eigenvalue weighted by Crippen LogP contribution is -2.38. The van der Waals surface area contributed by atoms with Crippen LogP contribution in [0.25, 0.3) is 10.9 Å². The minimum Gasteiger partial charge on any atom is -0.472 e. The van der Waals surface area contributed by atoms with Crippen molar-refractivity contribution in [2.24, 2.45) is 0 Å². The summed E-state index contributed by atoms with van der Waals surface area (Å²) in [6, 6.07) is 6.24. The van der Waals surface area contributed by atoms with Crippen LogP contribution in [0.4, 0.5) is 4.39 Å². The van der Waals surface area contributed by atoms with Gasteiger partial charge in [-0.1, -0.05) is 6.07 Å². The fraction of sp³-hybridized carbons (Fsp3) is 0.263. The van der Waals surface area contributed by atoms with Gasteiger partial charge in [0.25, 0.3) is 11.8 Å². The van der Waals surface area contributed by atoms with Crippen LogP contribution in [0.1, 0.15) is 32.8 Å². The number of amides is 2. The van der Waals surface area contributed by atoms with Crippen LogP contribution in [-0.4, -0.2) is 40.8 Å². The van der Waals surface area contributed by atoms with E-state index in [1.807, 2.05) is 6.92 Å². The first kappa shape index (κ1) is 16.4. The number of carbonyl (C=O) groups is 2. The van der Waals surface area contributed by atoms with E-state index in [0.717, 1.165) is 5.56 Å². The van der Waals surface area contributed by atoms with Crippen LogP contribution in [-0.2, 0) is 0 Å². The van der Waals surface area contributed by atoms with Crippen molar-refractivity contribution in [1.82, 2.24) is 15.2 Å². The fourth-order valence-electron chi connectivity index (χ4n) is 3.34. The normalized spacial score (nSPS) is 17.0. The van der Waals surface area contributed by atoms with Crippen molar-refractivity contribution in [2.75, 3.05) is 13.1 Å². The first-order chi connectivity index (χ1) is 12.5. The van der Waals surface area contributed by atoms with Gasteiger partial charge in [-0.05, 0) is 37.1 Å². The first-order valence-corrected chi connectivity index (χ1v) is 8.43. The van der Waals surface area contributed by atoms with Gasteiger partial charge < -0.3 is 19.6 Å². The van der Waals surface area contributed by atoms with Crippen LogP contribution in [0, 0.1) is 12.7 Å². The number of nitrogens with one attached hydrogen (secondary N) is 2. The average Bonchev–Trinajstić information content (AvgIpc) is 3.37. The molecule has 0 radical (unpaired) electrons. The Labute approximate surface area is 149 Å². The molecule has 134 valence electrons. The zero-order valence-electron chi connectivity index (χ0n) is 14.2. The molecule has 4 rings (SSSR count). The average molecular weight is 355 g/mol. The number of H-pyrrole nitrogens is 1. The van der Waals surface area contributed by atoms with E-state index in [0.29, 0.717) is 41.7 Å². The Balaban J connectivity index is 1.47. The molecule has 1 aliphatic heterocycles. The van der Waals surface area contributed by atoms with Crippen LogP contribution in [0.2, 0.25) is 0 Å². The van der Waals surface area contributed by atoms with Crippen molar-refractivity contribution >= 4 is 22.7 Å². The van der Waals surface area contributed by atoms with Gasteiger partial charge in [0.05, 0.1) is 17.3 Å². The number of nitrogens with zero attached hydrogens (tertiary/aromatic N) is 1. The number of benzene rings is 1. The molecule has 0 saturated carbocycles. The van der Waals surface area contributed by atoms with E-state index in [1.54, 1.807) is 23.1 Å². The summed E-state index contributed by atoms with van der Waals surface area (Å²) in [5.74, 6) is -0.794. The Bertz CT molecular complexity index is 938. The number of likely N-dealkylation sites (tertiary alicyclic amines) is 1. The van der Waals surface area contributed by atoms with Crippen molar-refractivity contribution < 1.29 is 18.4 Å². The summed E-state index contributed by atoms with van der Waals surface area (Å²) in [6.45, 7) is 2.83. The lowest BCUT2D eigenvalue weighted by atomic mass is 10.1. The number of rotatable bonds is 3. The lowest BCUT2D eigenvalue weighted by Gasteiger charge is -2.16. The smallest absolute Gasteiger partial charge is 0.270 e. The molecule has 1 saturated heterocycles. The van der Waals surface area contributed by atoms with E-state index >= 15 is 0 Å². The molecule has 1 atom stereocenters. The molecule has 3 heterocycles. The topological polar surface area (TPSA) is 78.3 Å². The number of furan rings is 1. The number of halogens is 1. The molecule has 3 aromatic rings. The van der Waals surface area contributed by atoms with E-state index in [-0.39, 0.29) is 23.7 Å². The van der Waals surface area contributed by atoms with Crippen molar-refractivity contribution in [3.8, 4) is 0 Å². The largest absolute Gasteiger partial charge is 0.472 e. The maximum Gasteiger partial charge on any atom is 0.270 e. The molecule has 7 heteroatoms. The van der Waals surface area contributed by atoms with Crippen LogP contribution in [0.5, 0.6) is 0 Å². The van der Waals surface area contributed by atoms with Gasteiger partial charge in [-0.25, -0.2) is 4.39 Å². The standard InChI is InChI=1S/C19H18FN3O3/c1-11-2-3-15(20)17-14(11)8-16(22-17)19(25)23-6-4-13(9-23)21-18(24)12-5-7-26-10-12/h2-3,5,7-8,10,13,22H,4,6,9H2,1H3,(H,21,24)/t13-/m1/s1. The van der Waals surface area contributed by atoms with Crippen molar-refractivity contribution in [1.29, 1.82) is 0 Å². The number of aryl methyl sites for hydroxylation is 1. The third kappa shape index (κ3) is 2.85. The molecular weight excluding hydrogens is 337 g/mol. The maximum absolute atomic E-state index is 13.9. The molecule has 1 aliphatic rings. The van der Waals surface area contributed by atoms with Crippen LogP contribution < -0.4 is 5.32 Å². The van der Waals surface area contributed by atoms with Crippen LogP contribution >= 0.6 is 0 Å². The van der Waals surface area contributed by atoms with E-state index in [4.69, 9.17) is 4.42 Å². The second-order valence-corrected chi connectivity index (χ2v) is 6.56. The third-order valence-corrected chi connectivity index (χ3v) is 4.79. The van der Waals surface area contributed by atoms with Gasteiger partial charge in [-0.3, -0.25) is 9.59 Å². The van der Waals surface area contributed by atoms with Gasteiger partial charge in [-0.15, -0.1) is 0 Å². The Morgan fingerprint density at radius 1 is 1.35 bits per heavy atom. The molecular formula is C19H18FN3O3. The highest BCUT2D eigenvalue weighted by atomic mass is 19.1. The van der Waals surface area contributed by atoms with E-state index in [1.165, 1.54) is 18.6 Å². The van der Waals surface area contributed by atoms with E-state index < -0.39 is 0 Å². The summed E-state index contributed by atoms with van der Waals surface area (Å²) >= 11 is 0. The Morgan fingerprint density at radius 2 is 2.19 bits per heavy atom. The highest BCUT2D eigenvalue weighted by Gasteiger charge is 2.29. The summed E-state index contributed by atoms with van der Waals surface area (Å²) in [4.78, 5) is 29.4. The van der Waals surface area contributed by atoms with Crippen molar-refractivity contribution in [2.45, 2.75) is 19.4 Å². The Hall–Kier alpha value is -3.09. The molecule has 2 N–H and O–H groups in total. The van der Waals surface area contributed by atoms with Crippen LogP contribution in [0.3, 0.4) is 0 Å². The number of fused-ring (bicyclic) bond motifs is 1. The van der Waals surface area contributed by atoms with E-state index in [9.17, 15) is 14.0 Å². The minimum atomic E-state index is -0.378.